The summed E-state index contributed by atoms with van der Waals surface area (Å²) in [6.45, 7) is 5.00. The Morgan fingerprint density at radius 3 is 2.56 bits per heavy atom. The summed E-state index contributed by atoms with van der Waals surface area (Å²) in [5, 5.41) is 6.78. The molecule has 0 bridgehead atoms. The predicted molar refractivity (Wildman–Crippen MR) is 108 cm³/mol. The van der Waals surface area contributed by atoms with Crippen LogP contribution in [-0.4, -0.2) is 24.4 Å². The third-order valence-electron chi connectivity index (χ3n) is 3.59. The molecule has 0 fully saturated rings. The number of thiazole rings is 1. The van der Waals surface area contributed by atoms with Crippen molar-refractivity contribution < 1.29 is 13.9 Å². The Balaban J connectivity index is 1.67. The number of aromatic nitrogens is 1. The molecular formula is C20H20FN3O2S. The van der Waals surface area contributed by atoms with Crippen molar-refractivity contribution in [3.63, 3.8) is 0 Å². The summed E-state index contributed by atoms with van der Waals surface area (Å²) in [6, 6.07) is 11.9. The van der Waals surface area contributed by atoms with Gasteiger partial charge in [0.2, 0.25) is 5.13 Å². The van der Waals surface area contributed by atoms with Gasteiger partial charge in [-0.2, -0.15) is 5.10 Å². The first-order chi connectivity index (χ1) is 13.2. The number of hydrogen-bond acceptors (Lipinski definition) is 6. The molecule has 0 spiro atoms. The largest absolute Gasteiger partial charge is 0.490 e. The summed E-state index contributed by atoms with van der Waals surface area (Å²) in [5.41, 5.74) is 5.43. The van der Waals surface area contributed by atoms with Gasteiger partial charge in [-0.1, -0.05) is 0 Å². The second-order valence-corrected chi connectivity index (χ2v) is 6.35. The smallest absolute Gasteiger partial charge is 0.203 e. The minimum absolute atomic E-state index is 0.265. The van der Waals surface area contributed by atoms with Gasteiger partial charge < -0.3 is 9.47 Å². The van der Waals surface area contributed by atoms with Gasteiger partial charge in [-0.25, -0.2) is 9.37 Å². The fourth-order valence-electron chi connectivity index (χ4n) is 2.39. The van der Waals surface area contributed by atoms with Crippen LogP contribution < -0.4 is 14.9 Å². The Bertz CT molecular complexity index is 910. The molecule has 0 saturated carbocycles. The fraction of sp³-hybridized carbons (Fsp3) is 0.200. The minimum atomic E-state index is -0.265. The van der Waals surface area contributed by atoms with Gasteiger partial charge in [0.15, 0.2) is 11.5 Å². The number of nitrogens with one attached hydrogen (secondary N) is 1. The van der Waals surface area contributed by atoms with Gasteiger partial charge >= 0.3 is 0 Å². The Morgan fingerprint density at radius 1 is 1.07 bits per heavy atom. The highest BCUT2D eigenvalue weighted by Gasteiger charge is 2.06. The lowest BCUT2D eigenvalue weighted by atomic mass is 10.2. The second-order valence-electron chi connectivity index (χ2n) is 5.49. The van der Waals surface area contributed by atoms with Crippen molar-refractivity contribution in [3.05, 3.63) is 59.2 Å². The van der Waals surface area contributed by atoms with E-state index in [4.69, 9.17) is 9.47 Å². The van der Waals surface area contributed by atoms with Gasteiger partial charge in [0.05, 0.1) is 25.1 Å². The SMILES string of the molecule is CCOc1ccc(/C=N\Nc2nc(-c3ccc(F)cc3)cs2)cc1OCC. The van der Waals surface area contributed by atoms with Crippen molar-refractivity contribution in [2.45, 2.75) is 13.8 Å². The summed E-state index contributed by atoms with van der Waals surface area (Å²) >= 11 is 1.43. The molecule has 0 atom stereocenters. The van der Waals surface area contributed by atoms with Crippen molar-refractivity contribution in [1.82, 2.24) is 4.98 Å². The third kappa shape index (κ3) is 5.04. The number of ether oxygens (including phenoxy) is 2. The summed E-state index contributed by atoms with van der Waals surface area (Å²) in [4.78, 5) is 4.45. The molecule has 0 aliphatic heterocycles. The number of benzene rings is 2. The van der Waals surface area contributed by atoms with Crippen molar-refractivity contribution >= 4 is 22.7 Å². The molecule has 0 radical (unpaired) electrons. The van der Waals surface area contributed by atoms with Crippen LogP contribution in [0.15, 0.2) is 52.9 Å². The molecule has 7 heteroatoms. The van der Waals surface area contributed by atoms with Crippen LogP contribution in [0.1, 0.15) is 19.4 Å². The zero-order valence-corrected chi connectivity index (χ0v) is 15.9. The van der Waals surface area contributed by atoms with E-state index in [0.717, 1.165) is 16.8 Å². The summed E-state index contributed by atoms with van der Waals surface area (Å²) in [5.74, 6) is 1.14. The molecule has 3 aromatic rings. The van der Waals surface area contributed by atoms with Crippen LogP contribution in [0.5, 0.6) is 11.5 Å². The topological polar surface area (TPSA) is 55.7 Å². The maximum absolute atomic E-state index is 13.0. The van der Waals surface area contributed by atoms with E-state index in [0.29, 0.717) is 29.8 Å². The monoisotopic (exact) mass is 385 g/mol. The van der Waals surface area contributed by atoms with Gasteiger partial charge in [0, 0.05) is 10.9 Å². The van der Waals surface area contributed by atoms with Crippen LogP contribution in [0.2, 0.25) is 0 Å². The average molecular weight is 385 g/mol. The van der Waals surface area contributed by atoms with Crippen LogP contribution in [0.3, 0.4) is 0 Å². The molecular weight excluding hydrogens is 365 g/mol. The summed E-state index contributed by atoms with van der Waals surface area (Å²) < 4.78 is 24.2. The quantitative estimate of drug-likeness (QED) is 0.428. The molecule has 3 rings (SSSR count). The van der Waals surface area contributed by atoms with Crippen LogP contribution in [0, 0.1) is 5.82 Å². The van der Waals surface area contributed by atoms with Crippen molar-refractivity contribution in [2.24, 2.45) is 5.10 Å². The van der Waals surface area contributed by atoms with Crippen LogP contribution >= 0.6 is 11.3 Å². The molecule has 1 N–H and O–H groups in total. The highest BCUT2D eigenvalue weighted by molar-refractivity contribution is 7.14. The number of anilines is 1. The minimum Gasteiger partial charge on any atom is -0.490 e. The average Bonchev–Trinajstić information content (AvgIpc) is 3.14. The van der Waals surface area contributed by atoms with E-state index in [1.807, 2.05) is 37.4 Å². The van der Waals surface area contributed by atoms with E-state index in [9.17, 15) is 4.39 Å². The molecule has 140 valence electrons. The normalized spacial score (nSPS) is 10.9. The lowest BCUT2D eigenvalue weighted by Gasteiger charge is -2.11. The van der Waals surface area contributed by atoms with Gasteiger partial charge in [-0.05, 0) is 61.9 Å². The number of rotatable bonds is 8. The molecule has 0 amide bonds. The molecule has 0 aliphatic carbocycles. The standard InChI is InChI=1S/C20H20FN3O2S/c1-3-25-18-10-5-14(11-19(18)26-4-2)12-22-24-20-23-17(13-27-20)15-6-8-16(21)9-7-15/h5-13H,3-4H2,1-2H3,(H,23,24)/b22-12-. The molecule has 1 heterocycles. The predicted octanol–water partition coefficient (Wildman–Crippen LogP) is 5.19. The van der Waals surface area contributed by atoms with Crippen LogP contribution in [-0.2, 0) is 0 Å². The Morgan fingerprint density at radius 2 is 1.81 bits per heavy atom. The van der Waals surface area contributed by atoms with Gasteiger partial charge in [0.1, 0.15) is 5.82 Å². The van der Waals surface area contributed by atoms with E-state index >= 15 is 0 Å². The second kappa shape index (κ2) is 9.14. The molecule has 0 saturated heterocycles. The number of nitrogens with zero attached hydrogens (tertiary/aromatic N) is 2. The first-order valence-electron chi connectivity index (χ1n) is 8.59. The molecule has 1 aromatic heterocycles. The first kappa shape index (κ1) is 18.8. The van der Waals surface area contributed by atoms with E-state index in [2.05, 4.69) is 15.5 Å². The zero-order chi connectivity index (χ0) is 19.1. The first-order valence-corrected chi connectivity index (χ1v) is 9.47. The van der Waals surface area contributed by atoms with Gasteiger partial charge in [0.25, 0.3) is 0 Å². The molecule has 2 aromatic carbocycles. The fourth-order valence-corrected chi connectivity index (χ4v) is 3.06. The third-order valence-corrected chi connectivity index (χ3v) is 4.33. The lowest BCUT2D eigenvalue weighted by Crippen LogP contribution is -1.99. The summed E-state index contributed by atoms with van der Waals surface area (Å²) in [6.07, 6.45) is 1.69. The van der Waals surface area contributed by atoms with E-state index < -0.39 is 0 Å². The Kier molecular flexibility index (Phi) is 6.38. The van der Waals surface area contributed by atoms with E-state index in [1.54, 1.807) is 18.3 Å². The Labute approximate surface area is 161 Å². The van der Waals surface area contributed by atoms with E-state index in [-0.39, 0.29) is 5.82 Å². The van der Waals surface area contributed by atoms with Crippen LogP contribution in [0.4, 0.5) is 9.52 Å². The number of halogens is 1. The van der Waals surface area contributed by atoms with Gasteiger partial charge in [-0.3, -0.25) is 5.43 Å². The Hall–Kier alpha value is -2.93. The summed E-state index contributed by atoms with van der Waals surface area (Å²) in [7, 11) is 0. The maximum Gasteiger partial charge on any atom is 0.203 e. The zero-order valence-electron chi connectivity index (χ0n) is 15.1. The lowest BCUT2D eigenvalue weighted by molar-refractivity contribution is 0.288. The van der Waals surface area contributed by atoms with Gasteiger partial charge in [-0.15, -0.1) is 11.3 Å². The van der Waals surface area contributed by atoms with Crippen LogP contribution in [0.25, 0.3) is 11.3 Å². The van der Waals surface area contributed by atoms with Crippen molar-refractivity contribution in [2.75, 3.05) is 18.6 Å². The number of hydrazone groups is 1. The highest BCUT2D eigenvalue weighted by atomic mass is 32.1. The highest BCUT2D eigenvalue weighted by Crippen LogP contribution is 2.28. The molecule has 0 aliphatic rings. The molecule has 0 unspecified atom stereocenters. The van der Waals surface area contributed by atoms with Crippen molar-refractivity contribution in [3.8, 4) is 22.8 Å². The van der Waals surface area contributed by atoms with Crippen molar-refractivity contribution in [1.29, 1.82) is 0 Å². The number of hydrogen-bond donors (Lipinski definition) is 1. The maximum atomic E-state index is 13.0. The molecule has 27 heavy (non-hydrogen) atoms. The van der Waals surface area contributed by atoms with E-state index in [1.165, 1.54) is 23.5 Å². The molecule has 5 nitrogen and oxygen atoms in total.